The van der Waals surface area contributed by atoms with Crippen LogP contribution in [0.25, 0.3) is 0 Å². The van der Waals surface area contributed by atoms with Gasteiger partial charge in [-0.15, -0.1) is 0 Å². The second kappa shape index (κ2) is 5.64. The molecule has 1 rings (SSSR count). The van der Waals surface area contributed by atoms with Gasteiger partial charge in [0.1, 0.15) is 11.2 Å². The summed E-state index contributed by atoms with van der Waals surface area (Å²) in [4.78, 5) is 34.3. The van der Waals surface area contributed by atoms with Crippen molar-refractivity contribution in [1.29, 1.82) is 0 Å². The van der Waals surface area contributed by atoms with E-state index >= 15 is 0 Å². The molecular weight excluding hydrogens is 250 g/mol. The number of carboxylic acid groups (broad SMARTS) is 1. The third kappa shape index (κ3) is 3.40. The van der Waals surface area contributed by atoms with Gasteiger partial charge in [-0.2, -0.15) is 5.10 Å². The summed E-state index contributed by atoms with van der Waals surface area (Å²) < 4.78 is 1.02. The Balaban J connectivity index is 2.97. The van der Waals surface area contributed by atoms with Crippen molar-refractivity contribution in [3.63, 3.8) is 0 Å². The van der Waals surface area contributed by atoms with E-state index in [0.29, 0.717) is 12.8 Å². The maximum absolute atomic E-state index is 12.0. The number of amides is 1. The summed E-state index contributed by atoms with van der Waals surface area (Å²) in [5.74, 6) is -1.72. The van der Waals surface area contributed by atoms with E-state index in [1.807, 2.05) is 6.92 Å². The SMILES string of the molecule is CCCC(C)(NC(=O)c1ccc(=O)n(C)n1)C(=O)O. The average molecular weight is 267 g/mol. The van der Waals surface area contributed by atoms with Gasteiger partial charge in [-0.25, -0.2) is 9.48 Å². The number of nitrogens with one attached hydrogen (secondary N) is 1. The molecule has 104 valence electrons. The lowest BCUT2D eigenvalue weighted by Gasteiger charge is -2.25. The fourth-order valence-electron chi connectivity index (χ4n) is 1.66. The second-order valence-electron chi connectivity index (χ2n) is 4.52. The molecule has 0 bridgehead atoms. The van der Waals surface area contributed by atoms with Gasteiger partial charge < -0.3 is 10.4 Å². The summed E-state index contributed by atoms with van der Waals surface area (Å²) in [5, 5.41) is 15.4. The first-order valence-electron chi connectivity index (χ1n) is 5.90. The molecule has 0 aliphatic heterocycles. The largest absolute Gasteiger partial charge is 0.480 e. The molecule has 7 heteroatoms. The molecule has 1 atom stereocenters. The first kappa shape index (κ1) is 14.9. The fraction of sp³-hybridized carbons (Fsp3) is 0.500. The predicted molar refractivity (Wildman–Crippen MR) is 67.9 cm³/mol. The minimum absolute atomic E-state index is 0.00526. The number of nitrogens with zero attached hydrogens (tertiary/aromatic N) is 2. The number of rotatable bonds is 5. The molecule has 0 spiro atoms. The molecule has 0 fully saturated rings. The lowest BCUT2D eigenvalue weighted by Crippen LogP contribution is -2.52. The number of aliphatic carboxylic acids is 1. The van der Waals surface area contributed by atoms with Crippen molar-refractivity contribution in [3.05, 3.63) is 28.2 Å². The van der Waals surface area contributed by atoms with E-state index in [4.69, 9.17) is 5.11 Å². The van der Waals surface area contributed by atoms with E-state index in [1.165, 1.54) is 26.1 Å². The summed E-state index contributed by atoms with van der Waals surface area (Å²) >= 11 is 0. The maximum Gasteiger partial charge on any atom is 0.329 e. The van der Waals surface area contributed by atoms with Crippen molar-refractivity contribution in [2.75, 3.05) is 0 Å². The Hall–Kier alpha value is -2.18. The van der Waals surface area contributed by atoms with E-state index in [0.717, 1.165) is 4.68 Å². The van der Waals surface area contributed by atoms with Gasteiger partial charge in [0.2, 0.25) is 0 Å². The average Bonchev–Trinajstić information content (AvgIpc) is 2.32. The number of carbonyl (C=O) groups is 2. The minimum Gasteiger partial charge on any atom is -0.480 e. The van der Waals surface area contributed by atoms with Crippen LogP contribution in [0.15, 0.2) is 16.9 Å². The van der Waals surface area contributed by atoms with Crippen LogP contribution in [0, 0.1) is 0 Å². The normalized spacial score (nSPS) is 13.6. The van der Waals surface area contributed by atoms with E-state index in [-0.39, 0.29) is 11.3 Å². The Morgan fingerprint density at radius 3 is 2.58 bits per heavy atom. The van der Waals surface area contributed by atoms with Gasteiger partial charge in [0.25, 0.3) is 11.5 Å². The van der Waals surface area contributed by atoms with Crippen molar-refractivity contribution in [2.24, 2.45) is 7.05 Å². The zero-order valence-electron chi connectivity index (χ0n) is 11.1. The lowest BCUT2D eigenvalue weighted by molar-refractivity contribution is -0.144. The number of hydrogen-bond donors (Lipinski definition) is 2. The molecule has 0 saturated carbocycles. The van der Waals surface area contributed by atoms with Crippen LogP contribution in [-0.2, 0) is 11.8 Å². The summed E-state index contributed by atoms with van der Waals surface area (Å²) in [7, 11) is 1.42. The fourth-order valence-corrected chi connectivity index (χ4v) is 1.66. The Labute approximate surface area is 110 Å². The van der Waals surface area contributed by atoms with Crippen LogP contribution in [0.5, 0.6) is 0 Å². The predicted octanol–water partition coefficient (Wildman–Crippen LogP) is 0.153. The number of hydrogen-bond acceptors (Lipinski definition) is 4. The van der Waals surface area contributed by atoms with Crippen molar-refractivity contribution in [1.82, 2.24) is 15.1 Å². The van der Waals surface area contributed by atoms with Crippen LogP contribution in [0.4, 0.5) is 0 Å². The first-order chi connectivity index (χ1) is 8.80. The lowest BCUT2D eigenvalue weighted by atomic mass is 9.96. The highest BCUT2D eigenvalue weighted by molar-refractivity contribution is 5.96. The molecule has 0 aromatic carbocycles. The van der Waals surface area contributed by atoms with E-state index in [9.17, 15) is 14.4 Å². The van der Waals surface area contributed by atoms with Crippen LogP contribution in [0.1, 0.15) is 37.2 Å². The molecule has 1 amide bonds. The van der Waals surface area contributed by atoms with Gasteiger partial charge in [-0.3, -0.25) is 9.59 Å². The highest BCUT2D eigenvalue weighted by atomic mass is 16.4. The van der Waals surface area contributed by atoms with Crippen molar-refractivity contribution in [2.45, 2.75) is 32.2 Å². The highest BCUT2D eigenvalue weighted by Crippen LogP contribution is 2.13. The summed E-state index contributed by atoms with van der Waals surface area (Å²) in [5.41, 5.74) is -1.68. The van der Waals surface area contributed by atoms with Crippen molar-refractivity contribution >= 4 is 11.9 Å². The molecule has 7 nitrogen and oxygen atoms in total. The van der Waals surface area contributed by atoms with Crippen LogP contribution >= 0.6 is 0 Å². The molecule has 1 aromatic rings. The van der Waals surface area contributed by atoms with Gasteiger partial charge in [-0.1, -0.05) is 13.3 Å². The second-order valence-corrected chi connectivity index (χ2v) is 4.52. The smallest absolute Gasteiger partial charge is 0.329 e. The monoisotopic (exact) mass is 267 g/mol. The Kier molecular flexibility index (Phi) is 4.42. The molecule has 0 radical (unpaired) electrons. The van der Waals surface area contributed by atoms with E-state index < -0.39 is 17.4 Å². The van der Waals surface area contributed by atoms with Gasteiger partial charge in [0.05, 0.1) is 0 Å². The topological polar surface area (TPSA) is 101 Å². The molecule has 1 aromatic heterocycles. The zero-order chi connectivity index (χ0) is 14.6. The third-order valence-electron chi connectivity index (χ3n) is 2.80. The van der Waals surface area contributed by atoms with Gasteiger partial charge in [-0.05, 0) is 19.4 Å². The Morgan fingerprint density at radius 1 is 1.47 bits per heavy atom. The molecule has 0 saturated heterocycles. The van der Waals surface area contributed by atoms with Gasteiger partial charge in [0.15, 0.2) is 0 Å². The maximum atomic E-state index is 12.0. The third-order valence-corrected chi connectivity index (χ3v) is 2.80. The minimum atomic E-state index is -1.35. The Bertz CT molecular complexity index is 552. The molecule has 0 aliphatic carbocycles. The zero-order valence-corrected chi connectivity index (χ0v) is 11.1. The number of carbonyl (C=O) groups excluding carboxylic acids is 1. The van der Waals surface area contributed by atoms with Crippen LogP contribution in [0.3, 0.4) is 0 Å². The molecule has 2 N–H and O–H groups in total. The van der Waals surface area contributed by atoms with Crippen molar-refractivity contribution < 1.29 is 14.7 Å². The quantitative estimate of drug-likeness (QED) is 0.791. The highest BCUT2D eigenvalue weighted by Gasteiger charge is 2.34. The molecule has 1 heterocycles. The Morgan fingerprint density at radius 2 is 2.11 bits per heavy atom. The standard InChI is InChI=1S/C12H17N3O4/c1-4-7-12(2,11(18)19)13-10(17)8-5-6-9(16)15(3)14-8/h5-6H,4,7H2,1-3H3,(H,13,17)(H,18,19). The van der Waals surface area contributed by atoms with E-state index in [1.54, 1.807) is 0 Å². The van der Waals surface area contributed by atoms with Crippen molar-refractivity contribution in [3.8, 4) is 0 Å². The number of carboxylic acids is 1. The van der Waals surface area contributed by atoms with Gasteiger partial charge in [0, 0.05) is 13.1 Å². The molecule has 1 unspecified atom stereocenters. The molecule has 19 heavy (non-hydrogen) atoms. The van der Waals surface area contributed by atoms with Crippen LogP contribution in [0.2, 0.25) is 0 Å². The molecular formula is C12H17N3O4. The van der Waals surface area contributed by atoms with Crippen LogP contribution < -0.4 is 10.9 Å². The summed E-state index contributed by atoms with van der Waals surface area (Å²) in [6.45, 7) is 3.27. The van der Waals surface area contributed by atoms with E-state index in [2.05, 4.69) is 10.4 Å². The summed E-state index contributed by atoms with van der Waals surface area (Å²) in [6.07, 6.45) is 0.920. The number of aryl methyl sites for hydroxylation is 1. The van der Waals surface area contributed by atoms with Crippen LogP contribution in [-0.4, -0.2) is 32.3 Å². The summed E-state index contributed by atoms with van der Waals surface area (Å²) in [6, 6.07) is 2.48. The van der Waals surface area contributed by atoms with Gasteiger partial charge >= 0.3 is 5.97 Å². The first-order valence-corrected chi connectivity index (χ1v) is 5.90. The number of aromatic nitrogens is 2. The molecule has 0 aliphatic rings.